The molecule has 0 N–H and O–H groups in total. The van der Waals surface area contributed by atoms with Crippen LogP contribution in [0.2, 0.25) is 0 Å². The molecule has 0 unspecified atom stereocenters. The lowest BCUT2D eigenvalue weighted by atomic mass is 10.1. The minimum atomic E-state index is -3.68. The third-order valence-electron chi connectivity index (χ3n) is 7.40. The Bertz CT molecular complexity index is 1640. The van der Waals surface area contributed by atoms with Gasteiger partial charge in [0.1, 0.15) is 17.2 Å². The number of hydrogen-bond acceptors (Lipinski definition) is 6. The van der Waals surface area contributed by atoms with Crippen LogP contribution in [0.1, 0.15) is 16.1 Å². The number of ether oxygens (including phenoxy) is 3. The van der Waals surface area contributed by atoms with E-state index in [0.717, 1.165) is 28.4 Å². The predicted octanol–water partition coefficient (Wildman–Crippen LogP) is 4.63. The fourth-order valence-corrected chi connectivity index (χ4v) is 6.50. The highest BCUT2D eigenvalue weighted by Gasteiger charge is 2.32. The lowest BCUT2D eigenvalue weighted by Crippen LogP contribution is -2.50. The summed E-state index contributed by atoms with van der Waals surface area (Å²) in [6.07, 6.45) is 0. The molecule has 0 aliphatic carbocycles. The Kier molecular flexibility index (Phi) is 8.05. The molecular formula is C31H33N3O6S. The Balaban J connectivity index is 1.43. The standard InChI is InChI=1S/C31H33N3O6S/c1-22-29(31(35)32-16-18-33(19-17-32)41(36,37)28-14-12-26(39-3)13-15-28)21-30(23-8-10-25(38-2)11-9-23)34(22)24-6-5-7-27(20-24)40-4/h5-15,20-21H,16-19H2,1-4H3. The van der Waals surface area contributed by atoms with Gasteiger partial charge in [-0.15, -0.1) is 0 Å². The topological polar surface area (TPSA) is 90.3 Å². The Morgan fingerprint density at radius 2 is 1.32 bits per heavy atom. The lowest BCUT2D eigenvalue weighted by molar-refractivity contribution is 0.0697. The molecule has 41 heavy (non-hydrogen) atoms. The van der Waals surface area contributed by atoms with Crippen LogP contribution < -0.4 is 14.2 Å². The number of sulfonamides is 1. The van der Waals surface area contributed by atoms with Crippen LogP contribution in [0.15, 0.2) is 83.8 Å². The van der Waals surface area contributed by atoms with Crippen LogP contribution in [0.3, 0.4) is 0 Å². The quantitative estimate of drug-likeness (QED) is 0.305. The highest BCUT2D eigenvalue weighted by atomic mass is 32.2. The molecule has 4 aromatic rings. The zero-order chi connectivity index (χ0) is 29.1. The molecule has 2 heterocycles. The number of benzene rings is 3. The van der Waals surface area contributed by atoms with Gasteiger partial charge in [0.2, 0.25) is 10.0 Å². The van der Waals surface area contributed by atoms with Crippen molar-refractivity contribution < 1.29 is 27.4 Å². The van der Waals surface area contributed by atoms with Crippen LogP contribution in [-0.2, 0) is 10.0 Å². The lowest BCUT2D eigenvalue weighted by Gasteiger charge is -2.34. The number of carbonyl (C=O) groups is 1. The second kappa shape index (κ2) is 11.7. The van der Waals surface area contributed by atoms with Gasteiger partial charge in [0.15, 0.2) is 0 Å². The molecule has 0 saturated carbocycles. The van der Waals surface area contributed by atoms with Crippen molar-refractivity contribution in [3.8, 4) is 34.2 Å². The summed E-state index contributed by atoms with van der Waals surface area (Å²) in [5, 5.41) is 0. The fraction of sp³-hybridized carbons (Fsp3) is 0.258. The summed E-state index contributed by atoms with van der Waals surface area (Å²) in [4.78, 5) is 15.8. The van der Waals surface area contributed by atoms with Crippen molar-refractivity contribution in [2.24, 2.45) is 0 Å². The van der Waals surface area contributed by atoms with E-state index in [1.54, 1.807) is 31.3 Å². The van der Waals surface area contributed by atoms with E-state index in [0.29, 0.717) is 17.1 Å². The van der Waals surface area contributed by atoms with Crippen molar-refractivity contribution in [3.63, 3.8) is 0 Å². The fourth-order valence-electron chi connectivity index (χ4n) is 5.08. The molecule has 1 saturated heterocycles. The number of amides is 1. The van der Waals surface area contributed by atoms with E-state index in [1.807, 2.05) is 66.1 Å². The molecule has 5 rings (SSSR count). The van der Waals surface area contributed by atoms with Gasteiger partial charge in [-0.3, -0.25) is 4.79 Å². The zero-order valence-electron chi connectivity index (χ0n) is 23.5. The van der Waals surface area contributed by atoms with Crippen LogP contribution in [0, 0.1) is 6.92 Å². The minimum Gasteiger partial charge on any atom is -0.497 e. The Labute approximate surface area is 240 Å². The van der Waals surface area contributed by atoms with E-state index < -0.39 is 10.0 Å². The first-order valence-electron chi connectivity index (χ1n) is 13.2. The van der Waals surface area contributed by atoms with Crippen LogP contribution in [0.4, 0.5) is 0 Å². The predicted molar refractivity (Wildman–Crippen MR) is 157 cm³/mol. The minimum absolute atomic E-state index is 0.139. The van der Waals surface area contributed by atoms with E-state index in [-0.39, 0.29) is 37.0 Å². The normalized spacial score (nSPS) is 14.1. The van der Waals surface area contributed by atoms with Gasteiger partial charge in [-0.1, -0.05) is 6.07 Å². The van der Waals surface area contributed by atoms with Crippen LogP contribution in [0.25, 0.3) is 16.9 Å². The first kappa shape index (κ1) is 28.3. The molecule has 0 radical (unpaired) electrons. The molecule has 0 spiro atoms. The van der Waals surface area contributed by atoms with Gasteiger partial charge in [-0.2, -0.15) is 4.31 Å². The number of nitrogens with zero attached hydrogens (tertiary/aromatic N) is 3. The van der Waals surface area contributed by atoms with E-state index >= 15 is 0 Å². The molecule has 1 aliphatic heterocycles. The van der Waals surface area contributed by atoms with Crippen molar-refractivity contribution in [2.45, 2.75) is 11.8 Å². The molecule has 1 aliphatic rings. The van der Waals surface area contributed by atoms with Gasteiger partial charge in [-0.25, -0.2) is 8.42 Å². The average molecular weight is 576 g/mol. The van der Waals surface area contributed by atoms with Gasteiger partial charge in [-0.05, 0) is 79.2 Å². The summed E-state index contributed by atoms with van der Waals surface area (Å²) in [7, 11) is 1.09. The summed E-state index contributed by atoms with van der Waals surface area (Å²) >= 11 is 0. The van der Waals surface area contributed by atoms with Gasteiger partial charge in [0, 0.05) is 43.6 Å². The van der Waals surface area contributed by atoms with Crippen molar-refractivity contribution in [1.29, 1.82) is 0 Å². The summed E-state index contributed by atoms with van der Waals surface area (Å²) in [6.45, 7) is 2.91. The van der Waals surface area contributed by atoms with E-state index in [2.05, 4.69) is 0 Å². The van der Waals surface area contributed by atoms with Gasteiger partial charge in [0.25, 0.3) is 5.91 Å². The molecule has 0 bridgehead atoms. The van der Waals surface area contributed by atoms with Crippen LogP contribution >= 0.6 is 0 Å². The Hall–Kier alpha value is -4.28. The number of aromatic nitrogens is 1. The Morgan fingerprint density at radius 3 is 1.90 bits per heavy atom. The second-order valence-electron chi connectivity index (χ2n) is 9.67. The van der Waals surface area contributed by atoms with E-state index in [1.165, 1.54) is 23.5 Å². The van der Waals surface area contributed by atoms with E-state index in [4.69, 9.17) is 14.2 Å². The smallest absolute Gasteiger partial charge is 0.255 e. The summed E-state index contributed by atoms with van der Waals surface area (Å²) < 4.78 is 45.8. The highest BCUT2D eigenvalue weighted by molar-refractivity contribution is 7.89. The summed E-state index contributed by atoms with van der Waals surface area (Å²) in [5.74, 6) is 1.90. The van der Waals surface area contributed by atoms with Crippen molar-refractivity contribution in [1.82, 2.24) is 13.8 Å². The largest absolute Gasteiger partial charge is 0.497 e. The second-order valence-corrected chi connectivity index (χ2v) is 11.6. The molecule has 1 aromatic heterocycles. The molecule has 1 fully saturated rings. The number of piperazine rings is 1. The molecule has 9 nitrogen and oxygen atoms in total. The maximum Gasteiger partial charge on any atom is 0.255 e. The van der Waals surface area contributed by atoms with Crippen molar-refractivity contribution in [3.05, 3.63) is 90.1 Å². The van der Waals surface area contributed by atoms with Crippen LogP contribution in [-0.4, -0.2) is 75.6 Å². The average Bonchev–Trinajstić information content (AvgIpc) is 3.37. The summed E-state index contributed by atoms with van der Waals surface area (Å²) in [6, 6.07) is 23.6. The third kappa shape index (κ3) is 5.53. The maximum absolute atomic E-state index is 13.9. The number of hydrogen-bond donors (Lipinski definition) is 0. The number of carbonyl (C=O) groups excluding carboxylic acids is 1. The van der Waals surface area contributed by atoms with Gasteiger partial charge in [0.05, 0.1) is 37.5 Å². The SMILES string of the molecule is COc1ccc(-c2cc(C(=O)N3CCN(S(=O)(=O)c4ccc(OC)cc4)CC3)c(C)n2-c2cccc(OC)c2)cc1. The van der Waals surface area contributed by atoms with E-state index in [9.17, 15) is 13.2 Å². The van der Waals surface area contributed by atoms with Crippen molar-refractivity contribution >= 4 is 15.9 Å². The molecule has 1 amide bonds. The number of rotatable bonds is 8. The summed E-state index contributed by atoms with van der Waals surface area (Å²) in [5.41, 5.74) is 3.98. The van der Waals surface area contributed by atoms with Crippen molar-refractivity contribution in [2.75, 3.05) is 47.5 Å². The van der Waals surface area contributed by atoms with Crippen LogP contribution in [0.5, 0.6) is 17.2 Å². The molecule has 10 heteroatoms. The first-order chi connectivity index (χ1) is 19.8. The highest BCUT2D eigenvalue weighted by Crippen LogP contribution is 2.33. The molecule has 214 valence electrons. The maximum atomic E-state index is 13.9. The monoisotopic (exact) mass is 575 g/mol. The zero-order valence-corrected chi connectivity index (χ0v) is 24.3. The first-order valence-corrected chi connectivity index (χ1v) is 14.7. The van der Waals surface area contributed by atoms with Gasteiger partial charge < -0.3 is 23.7 Å². The molecule has 0 atom stereocenters. The Morgan fingerprint density at radius 1 is 0.732 bits per heavy atom. The number of methoxy groups -OCH3 is 3. The molecule has 3 aromatic carbocycles. The van der Waals surface area contributed by atoms with Gasteiger partial charge >= 0.3 is 0 Å². The third-order valence-corrected chi connectivity index (χ3v) is 9.31. The molecular weight excluding hydrogens is 542 g/mol.